The smallest absolute Gasteiger partial charge is 0.327 e. The van der Waals surface area contributed by atoms with Gasteiger partial charge < -0.3 is 38.3 Å². The van der Waals surface area contributed by atoms with Crippen molar-refractivity contribution in [1.29, 1.82) is 0 Å². The van der Waals surface area contributed by atoms with Crippen LogP contribution >= 0.6 is 12.6 Å². The molecular weight excluding hydrogens is 440 g/mol. The SMILES string of the molecule is CCC(C)C(NC(=O)C(CC(N)=O)NC(=O)C(N)CCCCN)C(=O)NC(CS)C(=O)O. The predicted octanol–water partition coefficient (Wildman–Crippen LogP) is -2.17. The van der Waals surface area contributed by atoms with Crippen LogP contribution in [-0.2, 0) is 24.0 Å². The Balaban J connectivity index is 5.40. The minimum Gasteiger partial charge on any atom is -0.480 e. The monoisotopic (exact) mass is 476 g/mol. The fourth-order valence-electron chi connectivity index (χ4n) is 2.73. The molecule has 184 valence electrons. The second-order valence-electron chi connectivity index (χ2n) is 7.58. The zero-order valence-corrected chi connectivity index (χ0v) is 19.4. The molecule has 0 aliphatic heterocycles. The van der Waals surface area contributed by atoms with E-state index in [-0.39, 0.29) is 11.7 Å². The zero-order valence-electron chi connectivity index (χ0n) is 18.5. The van der Waals surface area contributed by atoms with Gasteiger partial charge in [-0.05, 0) is 25.3 Å². The van der Waals surface area contributed by atoms with Crippen LogP contribution in [0.4, 0.5) is 0 Å². The lowest BCUT2D eigenvalue weighted by atomic mass is 9.97. The van der Waals surface area contributed by atoms with Crippen LogP contribution in [0.2, 0.25) is 0 Å². The number of primary amides is 1. The molecule has 0 bridgehead atoms. The lowest BCUT2D eigenvalue weighted by Crippen LogP contribution is -2.59. The number of rotatable bonds is 16. The minimum atomic E-state index is -1.35. The van der Waals surface area contributed by atoms with E-state index < -0.39 is 60.2 Å². The Labute approximate surface area is 193 Å². The van der Waals surface area contributed by atoms with Crippen molar-refractivity contribution < 1.29 is 29.1 Å². The van der Waals surface area contributed by atoms with E-state index in [9.17, 15) is 24.0 Å². The van der Waals surface area contributed by atoms with Crippen LogP contribution in [-0.4, -0.2) is 71.2 Å². The first kappa shape index (κ1) is 29.6. The molecule has 5 unspecified atom stereocenters. The normalized spacial score (nSPS) is 15.5. The summed E-state index contributed by atoms with van der Waals surface area (Å²) >= 11 is 3.90. The van der Waals surface area contributed by atoms with Crippen molar-refractivity contribution in [3.63, 3.8) is 0 Å². The molecular formula is C19H36N6O6S. The summed E-state index contributed by atoms with van der Waals surface area (Å²) in [5.74, 6) is -4.82. The number of hydrogen-bond donors (Lipinski definition) is 8. The second-order valence-corrected chi connectivity index (χ2v) is 7.94. The predicted molar refractivity (Wildman–Crippen MR) is 121 cm³/mol. The van der Waals surface area contributed by atoms with Gasteiger partial charge in [-0.3, -0.25) is 19.2 Å². The fourth-order valence-corrected chi connectivity index (χ4v) is 2.98. The number of thiol groups is 1. The standard InChI is InChI=1S/C19H36N6O6S/c1-3-10(2)15(18(29)24-13(9-32)19(30)31)25-17(28)12(8-14(22)26)23-16(27)11(21)6-4-5-7-20/h10-13,15,32H,3-9,20-21H2,1-2H3,(H2,22,26)(H,23,27)(H,24,29)(H,25,28)(H,30,31). The van der Waals surface area contributed by atoms with Crippen molar-refractivity contribution in [2.24, 2.45) is 23.1 Å². The van der Waals surface area contributed by atoms with Crippen molar-refractivity contribution in [2.45, 2.75) is 70.1 Å². The summed E-state index contributed by atoms with van der Waals surface area (Å²) in [5, 5.41) is 16.3. The Hall–Kier alpha value is -2.38. The quantitative estimate of drug-likeness (QED) is 0.0902. The van der Waals surface area contributed by atoms with Crippen LogP contribution < -0.4 is 33.2 Å². The van der Waals surface area contributed by atoms with Gasteiger partial charge in [0, 0.05) is 5.75 Å². The molecule has 5 atom stereocenters. The van der Waals surface area contributed by atoms with E-state index in [1.54, 1.807) is 13.8 Å². The summed E-state index contributed by atoms with van der Waals surface area (Å²) in [6.07, 6.45) is 1.61. The average molecular weight is 477 g/mol. The molecule has 0 aliphatic rings. The molecule has 0 saturated heterocycles. The van der Waals surface area contributed by atoms with Gasteiger partial charge in [-0.1, -0.05) is 26.7 Å². The first-order chi connectivity index (χ1) is 15.0. The van der Waals surface area contributed by atoms with E-state index in [0.29, 0.717) is 32.2 Å². The molecule has 0 fully saturated rings. The average Bonchev–Trinajstić information content (AvgIpc) is 2.73. The van der Waals surface area contributed by atoms with Crippen LogP contribution in [0.3, 0.4) is 0 Å². The van der Waals surface area contributed by atoms with E-state index >= 15 is 0 Å². The van der Waals surface area contributed by atoms with Crippen LogP contribution in [0.1, 0.15) is 46.0 Å². The number of carbonyl (C=O) groups excluding carboxylic acids is 4. The molecule has 0 aromatic carbocycles. The third-order valence-electron chi connectivity index (χ3n) is 4.93. The number of aliphatic carboxylic acids is 1. The van der Waals surface area contributed by atoms with E-state index in [1.165, 1.54) is 0 Å². The molecule has 13 heteroatoms. The van der Waals surface area contributed by atoms with E-state index in [2.05, 4.69) is 28.6 Å². The number of hydrogen-bond acceptors (Lipinski definition) is 8. The maximum atomic E-state index is 12.8. The van der Waals surface area contributed by atoms with Gasteiger partial charge in [0.25, 0.3) is 0 Å². The van der Waals surface area contributed by atoms with Gasteiger partial charge in [0.2, 0.25) is 23.6 Å². The number of carbonyl (C=O) groups is 5. The maximum absolute atomic E-state index is 12.8. The number of nitrogens with two attached hydrogens (primary N) is 3. The van der Waals surface area contributed by atoms with E-state index in [0.717, 1.165) is 0 Å². The molecule has 32 heavy (non-hydrogen) atoms. The summed E-state index contributed by atoms with van der Waals surface area (Å²) < 4.78 is 0. The summed E-state index contributed by atoms with van der Waals surface area (Å²) in [6.45, 7) is 3.93. The molecule has 0 spiro atoms. The zero-order chi connectivity index (χ0) is 24.8. The van der Waals surface area contributed by atoms with Crippen molar-refractivity contribution in [1.82, 2.24) is 16.0 Å². The number of amides is 4. The number of unbranched alkanes of at least 4 members (excludes halogenated alkanes) is 1. The molecule has 0 radical (unpaired) electrons. The van der Waals surface area contributed by atoms with Crippen LogP contribution in [0.5, 0.6) is 0 Å². The van der Waals surface area contributed by atoms with Gasteiger partial charge >= 0.3 is 5.97 Å². The number of nitrogens with one attached hydrogen (secondary N) is 3. The largest absolute Gasteiger partial charge is 0.480 e. The highest BCUT2D eigenvalue weighted by Gasteiger charge is 2.33. The topological polar surface area (TPSA) is 220 Å². The minimum absolute atomic E-state index is 0.148. The Morgan fingerprint density at radius 1 is 0.969 bits per heavy atom. The van der Waals surface area contributed by atoms with Gasteiger partial charge in [0.1, 0.15) is 18.1 Å². The Kier molecular flexibility index (Phi) is 14.3. The summed E-state index contributed by atoms with van der Waals surface area (Å²) in [7, 11) is 0. The molecule has 0 aromatic rings. The number of carboxylic acids is 1. The Morgan fingerprint density at radius 2 is 1.56 bits per heavy atom. The lowest BCUT2D eigenvalue weighted by molar-refractivity contribution is -0.142. The molecule has 12 nitrogen and oxygen atoms in total. The van der Waals surface area contributed by atoms with Crippen molar-refractivity contribution in [2.75, 3.05) is 12.3 Å². The third-order valence-corrected chi connectivity index (χ3v) is 5.30. The molecule has 4 amide bonds. The van der Waals surface area contributed by atoms with E-state index in [4.69, 9.17) is 22.3 Å². The van der Waals surface area contributed by atoms with Crippen molar-refractivity contribution >= 4 is 42.2 Å². The highest BCUT2D eigenvalue weighted by molar-refractivity contribution is 7.80. The van der Waals surface area contributed by atoms with Crippen LogP contribution in [0.15, 0.2) is 0 Å². The van der Waals surface area contributed by atoms with E-state index in [1.807, 2.05) is 0 Å². The fraction of sp³-hybridized carbons (Fsp3) is 0.737. The first-order valence-electron chi connectivity index (χ1n) is 10.5. The van der Waals surface area contributed by atoms with Crippen LogP contribution in [0, 0.1) is 5.92 Å². The second kappa shape index (κ2) is 15.4. The summed E-state index contributed by atoms with van der Waals surface area (Å²) in [6, 6.07) is -4.62. The molecule has 0 aliphatic carbocycles. The van der Waals surface area contributed by atoms with Crippen LogP contribution in [0.25, 0.3) is 0 Å². The molecule has 10 N–H and O–H groups in total. The third kappa shape index (κ3) is 10.8. The summed E-state index contributed by atoms with van der Waals surface area (Å²) in [4.78, 5) is 60.4. The number of carboxylic acid groups (broad SMARTS) is 1. The van der Waals surface area contributed by atoms with Crippen molar-refractivity contribution in [3.8, 4) is 0 Å². The van der Waals surface area contributed by atoms with Gasteiger partial charge in [-0.2, -0.15) is 12.6 Å². The van der Waals surface area contributed by atoms with Gasteiger partial charge in [-0.25, -0.2) is 4.79 Å². The summed E-state index contributed by atoms with van der Waals surface area (Å²) in [5.41, 5.74) is 16.4. The highest BCUT2D eigenvalue weighted by atomic mass is 32.1. The Bertz CT molecular complexity index is 664. The molecule has 0 aromatic heterocycles. The molecule has 0 saturated carbocycles. The highest BCUT2D eigenvalue weighted by Crippen LogP contribution is 2.10. The lowest BCUT2D eigenvalue weighted by Gasteiger charge is -2.27. The van der Waals surface area contributed by atoms with Gasteiger partial charge in [-0.15, -0.1) is 0 Å². The first-order valence-corrected chi connectivity index (χ1v) is 11.1. The van der Waals surface area contributed by atoms with Gasteiger partial charge in [0.15, 0.2) is 0 Å². The van der Waals surface area contributed by atoms with Crippen molar-refractivity contribution in [3.05, 3.63) is 0 Å². The maximum Gasteiger partial charge on any atom is 0.327 e. The molecule has 0 rings (SSSR count). The van der Waals surface area contributed by atoms with Gasteiger partial charge in [0.05, 0.1) is 12.5 Å². The molecule has 0 heterocycles. The Morgan fingerprint density at radius 3 is 2.03 bits per heavy atom.